The maximum atomic E-state index is 13.7. The van der Waals surface area contributed by atoms with Crippen LogP contribution >= 0.6 is 11.8 Å². The van der Waals surface area contributed by atoms with Crippen LogP contribution < -0.4 is 30.9 Å². The zero-order valence-electron chi connectivity index (χ0n) is 24.2. The number of thioether (sulfide) groups is 1. The van der Waals surface area contributed by atoms with E-state index in [4.69, 9.17) is 4.74 Å². The molecule has 6 rings (SSSR count). The minimum atomic E-state index is -0.228. The maximum Gasteiger partial charge on any atom is 0.326 e. The van der Waals surface area contributed by atoms with Gasteiger partial charge in [-0.25, -0.2) is 4.79 Å². The van der Waals surface area contributed by atoms with Crippen molar-refractivity contribution in [3.8, 4) is 11.5 Å². The highest BCUT2D eigenvalue weighted by Gasteiger charge is 2.52. The van der Waals surface area contributed by atoms with Gasteiger partial charge in [-0.3, -0.25) is 14.5 Å². The van der Waals surface area contributed by atoms with E-state index in [0.29, 0.717) is 22.9 Å². The molecule has 1 aliphatic carbocycles. The van der Waals surface area contributed by atoms with Crippen molar-refractivity contribution in [2.75, 3.05) is 32.1 Å². The first-order valence-corrected chi connectivity index (χ1v) is 15.5. The van der Waals surface area contributed by atoms with Gasteiger partial charge >= 0.3 is 6.03 Å². The number of likely N-dealkylation sites (N-methyl/N-ethyl adjacent to an activating group) is 1. The normalized spacial score (nSPS) is 26.6. The SMILES string of the molecule is Cc1cc(Oc2ccccc2)ccc1N1C(=O)NC2=C(C(=O)NC3CCC[C@H]3NC(=O)CN(C)C)SC3NCCC1C23. The summed E-state index contributed by atoms with van der Waals surface area (Å²) in [6, 6.07) is 14.9. The van der Waals surface area contributed by atoms with Crippen LogP contribution in [0.1, 0.15) is 31.2 Å². The first kappa shape index (κ1) is 28.6. The van der Waals surface area contributed by atoms with Gasteiger partial charge in [0.2, 0.25) is 5.91 Å². The van der Waals surface area contributed by atoms with Crippen molar-refractivity contribution in [3.05, 3.63) is 64.7 Å². The minimum Gasteiger partial charge on any atom is -0.457 e. The van der Waals surface area contributed by atoms with Crippen LogP contribution in [0.2, 0.25) is 0 Å². The summed E-state index contributed by atoms with van der Waals surface area (Å²) in [5.74, 6) is 1.19. The number of ether oxygens (including phenoxy) is 1. The Labute approximate surface area is 250 Å². The number of nitrogens with zero attached hydrogens (tertiary/aromatic N) is 2. The lowest BCUT2D eigenvalue weighted by atomic mass is 9.86. The molecular formula is C31H38N6O4S. The predicted octanol–water partition coefficient (Wildman–Crippen LogP) is 3.29. The lowest BCUT2D eigenvalue weighted by molar-refractivity contribution is -0.123. The highest BCUT2D eigenvalue weighted by atomic mass is 32.2. The molecule has 4 aliphatic rings. The summed E-state index contributed by atoms with van der Waals surface area (Å²) in [4.78, 5) is 43.9. The molecule has 11 heteroatoms. The Morgan fingerprint density at radius 2 is 1.81 bits per heavy atom. The van der Waals surface area contributed by atoms with Crippen molar-refractivity contribution in [1.82, 2.24) is 26.2 Å². The van der Waals surface area contributed by atoms with Gasteiger partial charge in [-0.15, -0.1) is 0 Å². The summed E-state index contributed by atoms with van der Waals surface area (Å²) in [5, 5.41) is 12.9. The van der Waals surface area contributed by atoms with Crippen LogP contribution in [0.25, 0.3) is 0 Å². The Balaban J connectivity index is 1.19. The quantitative estimate of drug-likeness (QED) is 0.373. The molecule has 2 saturated heterocycles. The number of hydrogen-bond donors (Lipinski definition) is 4. The molecule has 222 valence electrons. The number of para-hydroxylation sites is 1. The zero-order valence-corrected chi connectivity index (χ0v) is 25.0. The molecule has 42 heavy (non-hydrogen) atoms. The first-order valence-electron chi connectivity index (χ1n) is 14.6. The van der Waals surface area contributed by atoms with E-state index in [9.17, 15) is 14.4 Å². The molecule has 4 amide bonds. The minimum absolute atomic E-state index is 0.0113. The number of aryl methyl sites for hydroxylation is 1. The molecule has 10 nitrogen and oxygen atoms in total. The summed E-state index contributed by atoms with van der Waals surface area (Å²) in [7, 11) is 3.71. The molecule has 0 radical (unpaired) electrons. The van der Waals surface area contributed by atoms with Gasteiger partial charge in [0.1, 0.15) is 11.5 Å². The van der Waals surface area contributed by atoms with Gasteiger partial charge in [-0.05, 0) is 89.1 Å². The van der Waals surface area contributed by atoms with Gasteiger partial charge in [-0.1, -0.05) is 30.0 Å². The third kappa shape index (κ3) is 5.73. The number of amides is 4. The second-order valence-corrected chi connectivity index (χ2v) is 12.9. The number of nitrogens with one attached hydrogen (secondary N) is 4. The Hall–Kier alpha value is -3.54. The summed E-state index contributed by atoms with van der Waals surface area (Å²) in [6.07, 6.45) is 3.35. The van der Waals surface area contributed by atoms with Crippen LogP contribution in [0, 0.1) is 12.8 Å². The highest BCUT2D eigenvalue weighted by molar-refractivity contribution is 8.04. The Kier molecular flexibility index (Phi) is 8.15. The van der Waals surface area contributed by atoms with Gasteiger partial charge in [0.25, 0.3) is 5.91 Å². The number of piperidine rings is 1. The third-order valence-corrected chi connectivity index (χ3v) is 9.75. The number of benzene rings is 2. The molecule has 5 atom stereocenters. The number of hydrogen-bond acceptors (Lipinski definition) is 7. The fraction of sp³-hybridized carbons (Fsp3) is 0.452. The van der Waals surface area contributed by atoms with Gasteiger partial charge in [0, 0.05) is 29.4 Å². The van der Waals surface area contributed by atoms with Crippen molar-refractivity contribution >= 4 is 35.3 Å². The summed E-state index contributed by atoms with van der Waals surface area (Å²) in [6.45, 7) is 3.05. The van der Waals surface area contributed by atoms with Crippen molar-refractivity contribution < 1.29 is 19.1 Å². The van der Waals surface area contributed by atoms with Crippen LogP contribution in [-0.4, -0.2) is 73.4 Å². The zero-order chi connectivity index (χ0) is 29.4. The first-order chi connectivity index (χ1) is 20.3. The molecule has 1 saturated carbocycles. The highest BCUT2D eigenvalue weighted by Crippen LogP contribution is 2.48. The molecule has 0 aromatic heterocycles. The van der Waals surface area contributed by atoms with Crippen molar-refractivity contribution in [3.63, 3.8) is 0 Å². The van der Waals surface area contributed by atoms with Gasteiger partial charge in [0.15, 0.2) is 0 Å². The van der Waals surface area contributed by atoms with E-state index >= 15 is 0 Å². The Morgan fingerprint density at radius 1 is 1.05 bits per heavy atom. The number of urea groups is 1. The lowest BCUT2D eigenvalue weighted by Gasteiger charge is -2.46. The largest absolute Gasteiger partial charge is 0.457 e. The number of carbonyl (C=O) groups is 3. The van der Waals surface area contributed by atoms with Crippen LogP contribution in [-0.2, 0) is 9.59 Å². The van der Waals surface area contributed by atoms with E-state index in [-0.39, 0.29) is 47.3 Å². The van der Waals surface area contributed by atoms with Gasteiger partial charge in [-0.2, -0.15) is 0 Å². The Morgan fingerprint density at radius 3 is 2.55 bits per heavy atom. The molecule has 3 heterocycles. The average molecular weight is 591 g/mol. The summed E-state index contributed by atoms with van der Waals surface area (Å²) < 4.78 is 6.01. The van der Waals surface area contributed by atoms with Gasteiger partial charge < -0.3 is 30.9 Å². The van der Waals surface area contributed by atoms with Crippen LogP contribution in [0.5, 0.6) is 11.5 Å². The summed E-state index contributed by atoms with van der Waals surface area (Å²) in [5.41, 5.74) is 2.48. The third-order valence-electron chi connectivity index (χ3n) is 8.39. The number of anilines is 1. The topological polar surface area (TPSA) is 115 Å². The van der Waals surface area contributed by atoms with Crippen LogP contribution in [0.3, 0.4) is 0 Å². The molecule has 2 aromatic rings. The molecule has 4 unspecified atom stereocenters. The van der Waals surface area contributed by atoms with E-state index < -0.39 is 0 Å². The molecular weight excluding hydrogens is 552 g/mol. The average Bonchev–Trinajstić information content (AvgIpc) is 3.54. The number of carbonyl (C=O) groups excluding carboxylic acids is 3. The molecule has 2 aromatic carbocycles. The molecule has 3 fully saturated rings. The standard InChI is InChI=1S/C31H38N6O4S/c1-18-16-20(41-19-8-5-4-6-9-19)12-13-23(18)37-24-14-15-32-30-26(24)27(35-31(37)40)28(42-30)29(39)34-22-11-7-10-21(22)33-25(38)17-36(2)3/h4-6,8-9,12-13,16,21-22,24,26,30,32H,7,10-11,14-15,17H2,1-3H3,(H,33,38)(H,34,39)(H,35,40)/t21-,22?,24?,26?,30?/m1/s1. The molecule has 3 aliphatic heterocycles. The fourth-order valence-electron chi connectivity index (χ4n) is 6.57. The fourth-order valence-corrected chi connectivity index (χ4v) is 7.97. The van der Waals surface area contributed by atoms with E-state index in [1.807, 2.05) is 79.3 Å². The molecule has 4 N–H and O–H groups in total. The van der Waals surface area contributed by atoms with Crippen molar-refractivity contribution in [2.45, 2.75) is 56.1 Å². The van der Waals surface area contributed by atoms with Crippen LogP contribution in [0.15, 0.2) is 59.1 Å². The smallest absolute Gasteiger partial charge is 0.326 e. The lowest BCUT2D eigenvalue weighted by Crippen LogP contribution is -2.62. The molecule has 0 bridgehead atoms. The monoisotopic (exact) mass is 590 g/mol. The van der Waals surface area contributed by atoms with E-state index in [1.165, 1.54) is 11.8 Å². The van der Waals surface area contributed by atoms with E-state index in [0.717, 1.165) is 49.2 Å². The van der Waals surface area contributed by atoms with Gasteiger partial charge in [0.05, 0.1) is 22.9 Å². The van der Waals surface area contributed by atoms with Crippen molar-refractivity contribution in [1.29, 1.82) is 0 Å². The second kappa shape index (κ2) is 12.0. The van der Waals surface area contributed by atoms with Crippen LogP contribution in [0.4, 0.5) is 10.5 Å². The summed E-state index contributed by atoms with van der Waals surface area (Å²) >= 11 is 1.49. The predicted molar refractivity (Wildman–Crippen MR) is 163 cm³/mol. The van der Waals surface area contributed by atoms with E-state index in [2.05, 4.69) is 21.3 Å². The second-order valence-electron chi connectivity index (χ2n) is 11.7. The number of rotatable bonds is 8. The molecule has 0 spiro atoms. The van der Waals surface area contributed by atoms with E-state index in [1.54, 1.807) is 0 Å². The maximum absolute atomic E-state index is 13.7. The van der Waals surface area contributed by atoms with Crippen molar-refractivity contribution in [2.24, 2.45) is 5.92 Å². The Bertz CT molecular complexity index is 1400.